The van der Waals surface area contributed by atoms with E-state index in [9.17, 15) is 13.6 Å². The second-order valence-corrected chi connectivity index (χ2v) is 5.91. The van der Waals surface area contributed by atoms with Gasteiger partial charge < -0.3 is 11.1 Å². The van der Waals surface area contributed by atoms with E-state index in [0.717, 1.165) is 12.1 Å². The van der Waals surface area contributed by atoms with Crippen LogP contribution in [0.5, 0.6) is 0 Å². The van der Waals surface area contributed by atoms with Gasteiger partial charge in [0.2, 0.25) is 0 Å². The molecule has 0 aliphatic carbocycles. The molecule has 1 aromatic carbocycles. The lowest BCUT2D eigenvalue weighted by Crippen LogP contribution is -2.52. The molecule has 1 aromatic heterocycles. The van der Waals surface area contributed by atoms with E-state index in [2.05, 4.69) is 15.7 Å². The van der Waals surface area contributed by atoms with Gasteiger partial charge in [0, 0.05) is 23.9 Å². The van der Waals surface area contributed by atoms with Gasteiger partial charge in [0.25, 0.3) is 5.91 Å². The molecule has 1 fully saturated rings. The number of nitrogens with two attached hydrogens (primary N) is 1. The van der Waals surface area contributed by atoms with Gasteiger partial charge in [-0.25, -0.2) is 19.2 Å². The number of fused-ring (bicyclic) bond motifs is 1. The Hall–Kier alpha value is -2.84. The summed E-state index contributed by atoms with van der Waals surface area (Å²) in [6, 6.07) is 8.66. The molecule has 0 spiro atoms. The fraction of sp³-hybridized carbons (Fsp3) is 0.176. The molecule has 3 unspecified atom stereocenters. The minimum Gasteiger partial charge on any atom is -0.363 e. The van der Waals surface area contributed by atoms with Crippen molar-refractivity contribution < 1.29 is 13.6 Å². The van der Waals surface area contributed by atoms with E-state index in [1.807, 2.05) is 12.1 Å². The van der Waals surface area contributed by atoms with E-state index < -0.39 is 24.0 Å². The van der Waals surface area contributed by atoms with Gasteiger partial charge in [0.15, 0.2) is 0 Å². The number of hydrogen-bond acceptors (Lipinski definition) is 5. The predicted molar refractivity (Wildman–Crippen MR) is 86.2 cm³/mol. The maximum atomic E-state index is 14.1. The quantitative estimate of drug-likeness (QED) is 0.759. The zero-order valence-electron chi connectivity index (χ0n) is 13.0. The Morgan fingerprint density at radius 3 is 2.76 bits per heavy atom. The lowest BCUT2D eigenvalue weighted by atomic mass is 9.97. The van der Waals surface area contributed by atoms with E-state index in [0.29, 0.717) is 5.69 Å². The van der Waals surface area contributed by atoms with Gasteiger partial charge in [-0.1, -0.05) is 6.07 Å². The van der Waals surface area contributed by atoms with Crippen molar-refractivity contribution in [1.29, 1.82) is 0 Å². The highest BCUT2D eigenvalue weighted by atomic mass is 19.1. The topological polar surface area (TPSA) is 83.3 Å². The Labute approximate surface area is 142 Å². The summed E-state index contributed by atoms with van der Waals surface area (Å²) in [5.74, 6) is -2.13. The molecule has 3 heterocycles. The predicted octanol–water partition coefficient (Wildman–Crippen LogP) is 1.05. The van der Waals surface area contributed by atoms with Crippen molar-refractivity contribution in [2.45, 2.75) is 18.2 Å². The Balaban J connectivity index is 1.71. The summed E-state index contributed by atoms with van der Waals surface area (Å²) in [6.07, 6.45) is 1.82. The van der Waals surface area contributed by atoms with Crippen LogP contribution in [0.4, 0.5) is 8.78 Å². The molecule has 3 atom stereocenters. The van der Waals surface area contributed by atoms with Gasteiger partial charge in [-0.05, 0) is 24.3 Å². The van der Waals surface area contributed by atoms with Crippen LogP contribution in [0.25, 0.3) is 5.70 Å². The van der Waals surface area contributed by atoms with Gasteiger partial charge in [-0.2, -0.15) is 0 Å². The van der Waals surface area contributed by atoms with Crippen LogP contribution in [0, 0.1) is 11.6 Å². The number of hydrogen-bond donors (Lipinski definition) is 3. The van der Waals surface area contributed by atoms with Crippen LogP contribution in [0.3, 0.4) is 0 Å². The van der Waals surface area contributed by atoms with Crippen molar-refractivity contribution in [2.75, 3.05) is 0 Å². The standard InChI is InChI=1S/C17H15F2N5O/c18-9-4-5-10(11(19)7-9)13-8-14(25)24-17(22-13)15(16(20)23-24)12-3-1-2-6-21-12/h1-8,15-17,22-23H,20H2. The lowest BCUT2D eigenvalue weighted by molar-refractivity contribution is -0.131. The third-order valence-electron chi connectivity index (χ3n) is 4.35. The molecule has 4 N–H and O–H groups in total. The third kappa shape index (κ3) is 2.65. The molecule has 8 heteroatoms. The average Bonchev–Trinajstić information content (AvgIpc) is 2.92. The SMILES string of the molecule is NC1NN2C(=O)C=C(c3ccc(F)cc3F)NC2C1c1ccccn1. The molecule has 4 rings (SSSR count). The summed E-state index contributed by atoms with van der Waals surface area (Å²) in [7, 11) is 0. The van der Waals surface area contributed by atoms with E-state index in [1.165, 1.54) is 17.2 Å². The maximum Gasteiger partial charge on any atom is 0.264 e. The second-order valence-electron chi connectivity index (χ2n) is 5.91. The largest absolute Gasteiger partial charge is 0.363 e. The molecule has 6 nitrogen and oxygen atoms in total. The molecule has 1 saturated heterocycles. The number of halogens is 2. The Morgan fingerprint density at radius 1 is 1.20 bits per heavy atom. The van der Waals surface area contributed by atoms with Crippen molar-refractivity contribution >= 4 is 11.6 Å². The summed E-state index contributed by atoms with van der Waals surface area (Å²) >= 11 is 0. The number of benzene rings is 1. The monoisotopic (exact) mass is 343 g/mol. The number of aromatic nitrogens is 1. The normalized spacial score (nSPS) is 25.4. The Bertz CT molecular complexity index is 857. The molecule has 2 aliphatic heterocycles. The highest BCUT2D eigenvalue weighted by molar-refractivity contribution is 5.96. The van der Waals surface area contributed by atoms with Crippen molar-refractivity contribution in [1.82, 2.24) is 20.7 Å². The van der Waals surface area contributed by atoms with Crippen LogP contribution in [-0.4, -0.2) is 28.2 Å². The molecule has 0 saturated carbocycles. The summed E-state index contributed by atoms with van der Waals surface area (Å²) in [4.78, 5) is 16.7. The summed E-state index contributed by atoms with van der Waals surface area (Å²) in [5, 5.41) is 4.49. The molecule has 0 radical (unpaired) electrons. The number of carbonyl (C=O) groups is 1. The van der Waals surface area contributed by atoms with Crippen molar-refractivity contribution in [3.05, 3.63) is 71.6 Å². The smallest absolute Gasteiger partial charge is 0.264 e. The minimum absolute atomic E-state index is 0.120. The number of rotatable bonds is 2. The molecule has 128 valence electrons. The highest BCUT2D eigenvalue weighted by Gasteiger charge is 2.46. The van der Waals surface area contributed by atoms with E-state index in [-0.39, 0.29) is 23.1 Å². The zero-order chi connectivity index (χ0) is 17.6. The first-order valence-electron chi connectivity index (χ1n) is 7.74. The number of pyridine rings is 1. The van der Waals surface area contributed by atoms with E-state index >= 15 is 0 Å². The van der Waals surface area contributed by atoms with Crippen LogP contribution >= 0.6 is 0 Å². The van der Waals surface area contributed by atoms with E-state index in [1.54, 1.807) is 12.3 Å². The van der Waals surface area contributed by atoms with Crippen LogP contribution in [0.15, 0.2) is 48.7 Å². The van der Waals surface area contributed by atoms with Crippen LogP contribution in [-0.2, 0) is 4.79 Å². The molecule has 0 bridgehead atoms. The highest BCUT2D eigenvalue weighted by Crippen LogP contribution is 2.32. The lowest BCUT2D eigenvalue weighted by Gasteiger charge is -2.32. The summed E-state index contributed by atoms with van der Waals surface area (Å²) < 4.78 is 27.3. The number of hydrazine groups is 1. The molecular weight excluding hydrogens is 328 g/mol. The maximum absolute atomic E-state index is 14.1. The minimum atomic E-state index is -0.746. The zero-order valence-corrected chi connectivity index (χ0v) is 13.0. The van der Waals surface area contributed by atoms with Crippen LogP contribution in [0.1, 0.15) is 17.2 Å². The second kappa shape index (κ2) is 5.91. The van der Waals surface area contributed by atoms with Crippen molar-refractivity contribution in [3.63, 3.8) is 0 Å². The van der Waals surface area contributed by atoms with Crippen molar-refractivity contribution in [3.8, 4) is 0 Å². The van der Waals surface area contributed by atoms with Gasteiger partial charge in [-0.3, -0.25) is 9.78 Å². The number of nitrogens with one attached hydrogen (secondary N) is 2. The molecule has 2 aromatic rings. The average molecular weight is 343 g/mol. The number of nitrogens with zero attached hydrogens (tertiary/aromatic N) is 2. The first-order valence-corrected chi connectivity index (χ1v) is 7.74. The third-order valence-corrected chi connectivity index (χ3v) is 4.35. The molecule has 2 aliphatic rings. The summed E-state index contributed by atoms with van der Waals surface area (Å²) in [6.45, 7) is 0. The van der Waals surface area contributed by atoms with Crippen LogP contribution in [0.2, 0.25) is 0 Å². The van der Waals surface area contributed by atoms with Gasteiger partial charge in [-0.15, -0.1) is 0 Å². The fourth-order valence-electron chi connectivity index (χ4n) is 3.21. The molecule has 25 heavy (non-hydrogen) atoms. The number of amides is 1. The molecular formula is C17H15F2N5O. The Kier molecular flexibility index (Phi) is 3.70. The van der Waals surface area contributed by atoms with Crippen molar-refractivity contribution in [2.24, 2.45) is 5.73 Å². The van der Waals surface area contributed by atoms with Gasteiger partial charge in [0.05, 0.1) is 23.5 Å². The molecule has 1 amide bonds. The Morgan fingerprint density at radius 2 is 2.04 bits per heavy atom. The summed E-state index contributed by atoms with van der Waals surface area (Å²) in [5.41, 5.74) is 10.1. The van der Waals surface area contributed by atoms with Gasteiger partial charge in [0.1, 0.15) is 17.8 Å². The van der Waals surface area contributed by atoms with Gasteiger partial charge >= 0.3 is 0 Å². The van der Waals surface area contributed by atoms with Crippen LogP contribution < -0.4 is 16.5 Å². The number of carbonyl (C=O) groups excluding carboxylic acids is 1. The van der Waals surface area contributed by atoms with E-state index in [4.69, 9.17) is 5.73 Å². The fourth-order valence-corrected chi connectivity index (χ4v) is 3.21. The first-order chi connectivity index (χ1) is 12.0. The first kappa shape index (κ1) is 15.7.